The van der Waals surface area contributed by atoms with Crippen LogP contribution in [0.4, 0.5) is 0 Å². The molecule has 26 heteroatoms. The SMILES string of the molecule is CCC(C)(C)C(=O)O.CCC(C)(C)C(=O)OC(C)(C)C(=O)OC1CCOC1=O.CCC(C)(C)C(=O)OC1(C)C2CC3CC(C2)CC1C3.CCC(C)(C)C(=O)OC1(CC)C2CC3CC(C2)CC1C3.CCC(C)(C)C(=O)OC1(CC)C2CC3CC(C2)CC1C3.CCC(C)(C)C(=O)OC12CC3CC(O)(CC(O)(C3)C1)C2.CCC(C)(C)C(=O)OC1CC(C)(C)OC1=O.CCC(C)(C)C(=O)OC1CCOC1=O. The Hall–Kier alpha value is -6.44. The Morgan fingerprint density at radius 1 is 0.321 bits per heavy atom. The van der Waals surface area contributed by atoms with Crippen molar-refractivity contribution in [2.24, 2.45) is 120 Å². The lowest BCUT2D eigenvalue weighted by molar-refractivity contribution is -0.264. The molecule has 3 heterocycles. The van der Waals surface area contributed by atoms with E-state index in [4.69, 9.17) is 57.2 Å². The smallest absolute Gasteiger partial charge is 0.350 e. The summed E-state index contributed by atoms with van der Waals surface area (Å²) in [4.78, 5) is 141. The lowest BCUT2D eigenvalue weighted by atomic mass is 9.49. The molecule has 0 aromatic carbocycles. The molecule has 784 valence electrons. The number of carboxylic acid groups (broad SMARTS) is 1. The molecule has 16 bridgehead atoms. The van der Waals surface area contributed by atoms with E-state index in [0.29, 0.717) is 106 Å². The molecule has 0 amide bonds. The van der Waals surface area contributed by atoms with Gasteiger partial charge in [0.15, 0.2) is 0 Å². The molecule has 16 aliphatic carbocycles. The van der Waals surface area contributed by atoms with Gasteiger partial charge in [-0.15, -0.1) is 0 Å². The minimum Gasteiger partial charge on any atom is -0.481 e. The average molecular weight is 1930 g/mol. The van der Waals surface area contributed by atoms with E-state index >= 15 is 0 Å². The van der Waals surface area contributed by atoms with Gasteiger partial charge in [0.25, 0.3) is 0 Å². The Morgan fingerprint density at radius 2 is 0.606 bits per heavy atom. The van der Waals surface area contributed by atoms with Crippen molar-refractivity contribution in [1.29, 1.82) is 0 Å². The molecule has 16 saturated carbocycles. The second-order valence-electron chi connectivity index (χ2n) is 51.0. The largest absolute Gasteiger partial charge is 0.481 e. The van der Waals surface area contributed by atoms with Crippen molar-refractivity contribution in [2.75, 3.05) is 13.2 Å². The van der Waals surface area contributed by atoms with Gasteiger partial charge in [-0.25, -0.2) is 19.2 Å². The Morgan fingerprint density at radius 3 is 0.876 bits per heavy atom. The number of carboxylic acids is 1. The summed E-state index contributed by atoms with van der Waals surface area (Å²) in [6, 6.07) is 0. The second kappa shape index (κ2) is 44.0. The van der Waals surface area contributed by atoms with Crippen molar-refractivity contribution in [3.8, 4) is 0 Å². The molecule has 19 rings (SSSR count). The molecule has 0 aromatic heterocycles. The number of aliphatic carboxylic acids is 1. The van der Waals surface area contributed by atoms with Crippen LogP contribution in [0.5, 0.6) is 0 Å². The summed E-state index contributed by atoms with van der Waals surface area (Å²) in [6.07, 6.45) is 30.5. The van der Waals surface area contributed by atoms with Crippen molar-refractivity contribution in [3.05, 3.63) is 0 Å². The van der Waals surface area contributed by atoms with E-state index in [-0.39, 0.29) is 81.4 Å². The summed E-state index contributed by atoms with van der Waals surface area (Å²) in [5.41, 5.74) is -8.53. The number of rotatable bonds is 27. The van der Waals surface area contributed by atoms with Gasteiger partial charge >= 0.3 is 71.6 Å². The summed E-state index contributed by atoms with van der Waals surface area (Å²) < 4.78 is 59.6. The zero-order valence-corrected chi connectivity index (χ0v) is 90.4. The number of hydrogen-bond donors (Lipinski definition) is 3. The molecule has 0 radical (unpaired) electrons. The fraction of sp³-hybridized carbons (Fsp3) is 0.892. The van der Waals surface area contributed by atoms with Gasteiger partial charge < -0.3 is 67.4 Å². The third-order valence-electron chi connectivity index (χ3n) is 36.2. The Kier molecular flexibility index (Phi) is 37.2. The lowest BCUT2D eigenvalue weighted by Crippen LogP contribution is -2.67. The third kappa shape index (κ3) is 27.4. The first-order valence-corrected chi connectivity index (χ1v) is 53.1. The number of carbonyl (C=O) groups is 12. The van der Waals surface area contributed by atoms with Crippen LogP contribution in [0.2, 0.25) is 0 Å². The van der Waals surface area contributed by atoms with Crippen LogP contribution in [-0.4, -0.2) is 163 Å². The predicted molar refractivity (Wildman–Crippen MR) is 520 cm³/mol. The first-order chi connectivity index (χ1) is 63.0. The Bertz CT molecular complexity index is 4040. The first-order valence-electron chi connectivity index (χ1n) is 53.1. The number of cyclic esters (lactones) is 3. The topological polar surface area (TPSA) is 367 Å². The van der Waals surface area contributed by atoms with Gasteiger partial charge in [0, 0.05) is 38.5 Å². The predicted octanol–water partition coefficient (Wildman–Crippen LogP) is 21.9. The van der Waals surface area contributed by atoms with Crippen LogP contribution in [0.15, 0.2) is 0 Å². The summed E-state index contributed by atoms with van der Waals surface area (Å²) in [6.45, 7) is 59.6. The van der Waals surface area contributed by atoms with Crippen molar-refractivity contribution in [2.45, 2.75) is 496 Å². The number of hydrogen-bond acceptors (Lipinski definition) is 25. The lowest BCUT2D eigenvalue weighted by Gasteiger charge is -2.62. The van der Waals surface area contributed by atoms with E-state index in [0.717, 1.165) is 93.3 Å². The number of carbonyl (C=O) groups excluding carboxylic acids is 11. The van der Waals surface area contributed by atoms with Gasteiger partial charge in [0.1, 0.15) is 28.0 Å². The van der Waals surface area contributed by atoms with E-state index in [2.05, 4.69) is 41.5 Å². The normalized spacial score (nSPS) is 34.0. The second-order valence-corrected chi connectivity index (χ2v) is 51.0. The van der Waals surface area contributed by atoms with Gasteiger partial charge in [0.2, 0.25) is 23.9 Å². The molecule has 3 aliphatic heterocycles. The van der Waals surface area contributed by atoms with Crippen LogP contribution in [0.3, 0.4) is 0 Å². The van der Waals surface area contributed by atoms with E-state index in [1.165, 1.54) is 110 Å². The van der Waals surface area contributed by atoms with Gasteiger partial charge in [0.05, 0.1) is 67.7 Å². The highest BCUT2D eigenvalue weighted by atomic mass is 16.6. The van der Waals surface area contributed by atoms with Crippen molar-refractivity contribution >= 4 is 71.6 Å². The standard InChI is InChI=1S/2C18H30O2.C17H28O2.C16H26O4.C14H22O6.C12H20O4.C10H16O4.C6H12O2/c2*1-5-17(3,4)16(19)20-18(6-2)14-8-12-7-13(10-14)11-15(18)9-12;1-5-16(2,3)15(18)19-17(4)13-7-11-6-12(9-13)10-14(17)8-11;1-4-13(2,3)12(17)20-16-7-11-5-14(18,9-16)8-15(19,6-11)10-16;1-6-13(2,3)11(16)20-14(4,5)12(17)19-9-7-8-18-10(9)15;1-6-11(2,3)10(14)15-8-7-12(4,5)16-9(8)13;1-4-10(2,3)9(12)14-7-5-6-13-8(7)11;1-4-6(2,3)5(7)8/h2*12-15H,5-11H2,1-4H3;11-14H,5-10H2,1-4H3;11,18-19H,4-10H2,1-3H3;9H,6-8H2,1-5H3;8H,6-7H2,1-5H3;7H,4-6H2,1-3H3;4H2,1-3H3,(H,7,8). The van der Waals surface area contributed by atoms with E-state index in [9.17, 15) is 67.7 Å². The summed E-state index contributed by atoms with van der Waals surface area (Å²) in [5, 5.41) is 29.8. The van der Waals surface area contributed by atoms with Crippen molar-refractivity contribution in [3.63, 3.8) is 0 Å². The maximum atomic E-state index is 12.6. The van der Waals surface area contributed by atoms with E-state index in [1.54, 1.807) is 55.4 Å². The fourth-order valence-electron chi connectivity index (χ4n) is 24.1. The van der Waals surface area contributed by atoms with E-state index < -0.39 is 109 Å². The summed E-state index contributed by atoms with van der Waals surface area (Å²) in [7, 11) is 0. The number of ether oxygens (including phenoxy) is 11. The number of esters is 11. The van der Waals surface area contributed by atoms with Gasteiger partial charge in [-0.1, -0.05) is 69.2 Å². The highest BCUT2D eigenvalue weighted by molar-refractivity contribution is 5.88. The average Bonchev–Trinajstić information content (AvgIpc) is 0.876. The molecular formula is C111H184O26. The molecule has 5 unspecified atom stereocenters. The highest BCUT2D eigenvalue weighted by Crippen LogP contribution is 2.65. The van der Waals surface area contributed by atoms with Crippen LogP contribution in [0.1, 0.15) is 433 Å². The molecule has 0 spiro atoms. The monoisotopic (exact) mass is 1930 g/mol. The quantitative estimate of drug-likeness (QED) is 0.0508. The molecule has 3 saturated heterocycles. The highest BCUT2D eigenvalue weighted by Gasteiger charge is 2.67. The zero-order valence-electron chi connectivity index (χ0n) is 90.4. The van der Waals surface area contributed by atoms with Crippen LogP contribution in [-0.2, 0) is 110 Å². The molecule has 19 fully saturated rings. The van der Waals surface area contributed by atoms with Crippen LogP contribution < -0.4 is 0 Å². The molecule has 5 atom stereocenters. The summed E-state index contributed by atoms with van der Waals surface area (Å²) >= 11 is 0. The zero-order chi connectivity index (χ0) is 103. The van der Waals surface area contributed by atoms with Crippen molar-refractivity contribution < 1.29 is 125 Å². The Labute approximate surface area is 821 Å². The fourth-order valence-corrected chi connectivity index (χ4v) is 24.1. The minimum atomic E-state index is -1.44. The van der Waals surface area contributed by atoms with Crippen LogP contribution in [0, 0.1) is 120 Å². The molecular weight excluding hydrogens is 1750 g/mol. The van der Waals surface area contributed by atoms with Crippen LogP contribution in [0.25, 0.3) is 0 Å². The van der Waals surface area contributed by atoms with Crippen molar-refractivity contribution in [1.82, 2.24) is 0 Å². The van der Waals surface area contributed by atoms with Gasteiger partial charge in [-0.2, -0.15) is 0 Å². The van der Waals surface area contributed by atoms with Gasteiger partial charge in [-0.05, 0) is 402 Å². The first kappa shape index (κ1) is 116. The van der Waals surface area contributed by atoms with Crippen LogP contribution >= 0.6 is 0 Å². The third-order valence-corrected chi connectivity index (χ3v) is 36.2. The Balaban J connectivity index is 0.000000194. The molecule has 26 nitrogen and oxygen atoms in total. The van der Waals surface area contributed by atoms with Gasteiger partial charge in [-0.3, -0.25) is 38.4 Å². The molecule has 0 aromatic rings. The molecule has 137 heavy (non-hydrogen) atoms. The maximum Gasteiger partial charge on any atom is 0.350 e. The summed E-state index contributed by atoms with van der Waals surface area (Å²) in [5.74, 6) is 5.49. The van der Waals surface area contributed by atoms with E-state index in [1.807, 2.05) is 104 Å². The minimum absolute atomic E-state index is 0.0185. The number of aliphatic hydroxyl groups is 2. The molecule has 19 aliphatic rings. The maximum absolute atomic E-state index is 12.6. The molecule has 3 N–H and O–H groups in total.